The summed E-state index contributed by atoms with van der Waals surface area (Å²) in [6, 6.07) is 0.0560. The lowest BCUT2D eigenvalue weighted by atomic mass is 10.1. The number of aromatic nitrogens is 2. The van der Waals surface area contributed by atoms with Crippen LogP contribution in [0, 0.1) is 0 Å². The molecule has 20 heavy (non-hydrogen) atoms. The lowest BCUT2D eigenvalue weighted by Crippen LogP contribution is -2.48. The van der Waals surface area contributed by atoms with E-state index in [0.29, 0.717) is 11.4 Å². The number of nitrogens with zero attached hydrogens (tertiary/aromatic N) is 3. The van der Waals surface area contributed by atoms with Gasteiger partial charge in [-0.1, -0.05) is 13.3 Å². The van der Waals surface area contributed by atoms with Gasteiger partial charge in [0.05, 0.1) is 6.20 Å². The number of rotatable bonds is 6. The first kappa shape index (κ1) is 15.5. The lowest BCUT2D eigenvalue weighted by Gasteiger charge is -2.34. The summed E-state index contributed by atoms with van der Waals surface area (Å²) in [5.41, 5.74) is 0. The van der Waals surface area contributed by atoms with Gasteiger partial charge in [-0.05, 0) is 25.8 Å². The van der Waals surface area contributed by atoms with E-state index < -0.39 is 10.0 Å². The molecule has 1 N–H and O–H groups in total. The summed E-state index contributed by atoms with van der Waals surface area (Å²) < 4.78 is 28.6. The first-order chi connectivity index (χ1) is 9.55. The molecule has 2 rings (SSSR count). The highest BCUT2D eigenvalue weighted by atomic mass is 32.2. The van der Waals surface area contributed by atoms with Crippen molar-refractivity contribution in [2.75, 3.05) is 19.6 Å². The Morgan fingerprint density at radius 2 is 2.25 bits per heavy atom. The van der Waals surface area contributed by atoms with Crippen LogP contribution in [-0.4, -0.2) is 48.2 Å². The number of sulfonamides is 1. The van der Waals surface area contributed by atoms with Gasteiger partial charge in [-0.3, -0.25) is 4.68 Å². The number of hydrogen-bond donors (Lipinski definition) is 1. The summed E-state index contributed by atoms with van der Waals surface area (Å²) in [4.78, 5) is 0.294. The Morgan fingerprint density at radius 1 is 1.45 bits per heavy atom. The summed E-state index contributed by atoms with van der Waals surface area (Å²) in [6.45, 7) is 4.37. The Morgan fingerprint density at radius 3 is 2.90 bits per heavy atom. The topological polar surface area (TPSA) is 67.2 Å². The fraction of sp³-hybridized carbons (Fsp3) is 0.769. The molecule has 1 atom stereocenters. The SMILES string of the molecule is CCCNCC1CCCCN1S(=O)(=O)c1cnn(C)c1. The van der Waals surface area contributed by atoms with Crippen LogP contribution >= 0.6 is 0 Å². The maximum Gasteiger partial charge on any atom is 0.246 e. The molecule has 0 amide bonds. The van der Waals surface area contributed by atoms with Gasteiger partial charge in [0, 0.05) is 32.4 Å². The van der Waals surface area contributed by atoms with Crippen LogP contribution in [0.4, 0.5) is 0 Å². The zero-order valence-electron chi connectivity index (χ0n) is 12.2. The van der Waals surface area contributed by atoms with Gasteiger partial charge in [0.1, 0.15) is 4.90 Å². The quantitative estimate of drug-likeness (QED) is 0.795. The molecular formula is C13H24N4O2S. The van der Waals surface area contributed by atoms with E-state index in [1.54, 1.807) is 17.5 Å². The average molecular weight is 300 g/mol. The van der Waals surface area contributed by atoms with E-state index in [0.717, 1.165) is 38.8 Å². The van der Waals surface area contributed by atoms with Crippen LogP contribution in [0.25, 0.3) is 0 Å². The molecular weight excluding hydrogens is 276 g/mol. The zero-order valence-corrected chi connectivity index (χ0v) is 13.1. The molecule has 1 aromatic rings. The normalized spacial score (nSPS) is 21.2. The van der Waals surface area contributed by atoms with Crippen LogP contribution in [-0.2, 0) is 17.1 Å². The second kappa shape index (κ2) is 6.69. The molecule has 2 heterocycles. The molecule has 1 unspecified atom stereocenters. The summed E-state index contributed by atoms with van der Waals surface area (Å²) in [5, 5.41) is 7.31. The number of aryl methyl sites for hydroxylation is 1. The van der Waals surface area contributed by atoms with Crippen LogP contribution in [0.15, 0.2) is 17.3 Å². The third kappa shape index (κ3) is 3.39. The van der Waals surface area contributed by atoms with Crippen molar-refractivity contribution < 1.29 is 8.42 Å². The van der Waals surface area contributed by atoms with Gasteiger partial charge in [0.25, 0.3) is 0 Å². The summed E-state index contributed by atoms with van der Waals surface area (Å²) in [6.07, 6.45) is 7.01. The number of piperidine rings is 1. The molecule has 6 nitrogen and oxygen atoms in total. The minimum atomic E-state index is -3.42. The van der Waals surface area contributed by atoms with Crippen LogP contribution in [0.3, 0.4) is 0 Å². The Hall–Kier alpha value is -0.920. The van der Waals surface area contributed by atoms with Crippen molar-refractivity contribution >= 4 is 10.0 Å². The van der Waals surface area contributed by atoms with Crippen LogP contribution in [0.5, 0.6) is 0 Å². The first-order valence-corrected chi connectivity index (χ1v) is 8.71. The first-order valence-electron chi connectivity index (χ1n) is 7.27. The zero-order chi connectivity index (χ0) is 14.6. The summed E-state index contributed by atoms with van der Waals surface area (Å²) >= 11 is 0. The highest BCUT2D eigenvalue weighted by molar-refractivity contribution is 7.89. The molecule has 114 valence electrons. The minimum Gasteiger partial charge on any atom is -0.315 e. The molecule has 1 aliphatic heterocycles. The molecule has 7 heteroatoms. The summed E-state index contributed by atoms with van der Waals surface area (Å²) in [5.74, 6) is 0. The largest absolute Gasteiger partial charge is 0.315 e. The predicted octanol–water partition coefficient (Wildman–Crippen LogP) is 0.963. The monoisotopic (exact) mass is 300 g/mol. The third-order valence-electron chi connectivity index (χ3n) is 3.67. The standard InChI is InChI=1S/C13H24N4O2S/c1-3-7-14-9-12-6-4-5-8-17(12)20(18,19)13-10-15-16(2)11-13/h10-12,14H,3-9H2,1-2H3. The second-order valence-electron chi connectivity index (χ2n) is 5.32. The molecule has 0 spiro atoms. The maximum atomic E-state index is 12.7. The second-order valence-corrected chi connectivity index (χ2v) is 7.21. The van der Waals surface area contributed by atoms with Crippen molar-refractivity contribution in [3.05, 3.63) is 12.4 Å². The maximum absolute atomic E-state index is 12.7. The van der Waals surface area contributed by atoms with E-state index >= 15 is 0 Å². The van der Waals surface area contributed by atoms with E-state index in [2.05, 4.69) is 17.3 Å². The highest BCUT2D eigenvalue weighted by Gasteiger charge is 2.33. The van der Waals surface area contributed by atoms with Crippen molar-refractivity contribution in [2.45, 2.75) is 43.5 Å². The molecule has 1 aliphatic rings. The van der Waals surface area contributed by atoms with Gasteiger partial charge in [0.15, 0.2) is 0 Å². The van der Waals surface area contributed by atoms with Gasteiger partial charge in [0.2, 0.25) is 10.0 Å². The van der Waals surface area contributed by atoms with E-state index in [9.17, 15) is 8.42 Å². The van der Waals surface area contributed by atoms with Gasteiger partial charge in [-0.2, -0.15) is 9.40 Å². The molecule has 0 radical (unpaired) electrons. The molecule has 1 fully saturated rings. The Kier molecular flexibility index (Phi) is 5.17. The fourth-order valence-corrected chi connectivity index (χ4v) is 4.29. The third-order valence-corrected chi connectivity index (χ3v) is 5.57. The van der Waals surface area contributed by atoms with E-state index in [1.807, 2.05) is 0 Å². The molecule has 0 saturated carbocycles. The van der Waals surface area contributed by atoms with Gasteiger partial charge < -0.3 is 5.32 Å². The van der Waals surface area contributed by atoms with Crippen molar-refractivity contribution in [3.8, 4) is 0 Å². The minimum absolute atomic E-state index is 0.0560. The number of nitrogens with one attached hydrogen (secondary N) is 1. The molecule has 0 aromatic carbocycles. The van der Waals surface area contributed by atoms with Crippen LogP contribution in [0.2, 0.25) is 0 Å². The van der Waals surface area contributed by atoms with Crippen LogP contribution in [0.1, 0.15) is 32.6 Å². The van der Waals surface area contributed by atoms with Crippen LogP contribution < -0.4 is 5.32 Å². The Bertz CT molecular complexity index is 526. The van der Waals surface area contributed by atoms with Crippen molar-refractivity contribution in [1.82, 2.24) is 19.4 Å². The highest BCUT2D eigenvalue weighted by Crippen LogP contribution is 2.24. The molecule has 1 aromatic heterocycles. The molecule has 1 saturated heterocycles. The predicted molar refractivity (Wildman–Crippen MR) is 77.9 cm³/mol. The van der Waals surface area contributed by atoms with E-state index in [-0.39, 0.29) is 6.04 Å². The van der Waals surface area contributed by atoms with Gasteiger partial charge >= 0.3 is 0 Å². The van der Waals surface area contributed by atoms with Crippen molar-refractivity contribution in [2.24, 2.45) is 7.05 Å². The Labute approximate surface area is 121 Å². The summed E-state index contributed by atoms with van der Waals surface area (Å²) in [7, 11) is -1.69. The van der Waals surface area contributed by atoms with Crippen molar-refractivity contribution in [3.63, 3.8) is 0 Å². The lowest BCUT2D eigenvalue weighted by molar-refractivity contribution is 0.246. The fourth-order valence-electron chi connectivity index (χ4n) is 2.61. The molecule has 0 aliphatic carbocycles. The van der Waals surface area contributed by atoms with Gasteiger partial charge in [-0.25, -0.2) is 8.42 Å². The van der Waals surface area contributed by atoms with E-state index in [1.165, 1.54) is 10.9 Å². The molecule has 0 bridgehead atoms. The van der Waals surface area contributed by atoms with E-state index in [4.69, 9.17) is 0 Å². The van der Waals surface area contributed by atoms with Crippen molar-refractivity contribution in [1.29, 1.82) is 0 Å². The number of hydrogen-bond acceptors (Lipinski definition) is 4. The average Bonchev–Trinajstić information content (AvgIpc) is 2.87. The Balaban J connectivity index is 2.14. The smallest absolute Gasteiger partial charge is 0.246 e. The van der Waals surface area contributed by atoms with Gasteiger partial charge in [-0.15, -0.1) is 0 Å².